The molecule has 2 aromatic rings. The molecule has 0 unspecified atom stereocenters. The van der Waals surface area contributed by atoms with Crippen molar-refractivity contribution in [1.82, 2.24) is 9.97 Å². The van der Waals surface area contributed by atoms with Crippen molar-refractivity contribution in [2.45, 2.75) is 27.0 Å². The van der Waals surface area contributed by atoms with Crippen LogP contribution >= 0.6 is 11.3 Å². The van der Waals surface area contributed by atoms with Gasteiger partial charge >= 0.3 is 0 Å². The van der Waals surface area contributed by atoms with Crippen molar-refractivity contribution in [3.63, 3.8) is 0 Å². The predicted molar refractivity (Wildman–Crippen MR) is 82.8 cm³/mol. The molecule has 2 N–H and O–H groups in total. The number of ether oxygens (including phenoxy) is 1. The Kier molecular flexibility index (Phi) is 5.31. The largest absolute Gasteiger partial charge is 0.384 e. The standard InChI is InChI=1S/C14H20N4OS/c1-3-18(9-11-6-5-7-20-11)14-8-12(15)16-13(17-14)10-19-4-2/h5-8H,3-4,9-10H2,1-2H3,(H2,15,16,17). The minimum atomic E-state index is 0.394. The van der Waals surface area contributed by atoms with Crippen LogP contribution in [0.3, 0.4) is 0 Å². The number of rotatable bonds is 7. The van der Waals surface area contributed by atoms with Crippen LogP contribution in [0.25, 0.3) is 0 Å². The Balaban J connectivity index is 2.17. The quantitative estimate of drug-likeness (QED) is 0.850. The molecule has 20 heavy (non-hydrogen) atoms. The average Bonchev–Trinajstić information content (AvgIpc) is 2.95. The molecule has 0 radical (unpaired) electrons. The van der Waals surface area contributed by atoms with E-state index < -0.39 is 0 Å². The van der Waals surface area contributed by atoms with Crippen molar-refractivity contribution >= 4 is 23.0 Å². The lowest BCUT2D eigenvalue weighted by atomic mass is 10.3. The van der Waals surface area contributed by atoms with Gasteiger partial charge in [-0.1, -0.05) is 6.07 Å². The van der Waals surface area contributed by atoms with E-state index >= 15 is 0 Å². The van der Waals surface area contributed by atoms with Crippen LogP contribution in [0.5, 0.6) is 0 Å². The van der Waals surface area contributed by atoms with E-state index in [1.165, 1.54) is 4.88 Å². The summed E-state index contributed by atoms with van der Waals surface area (Å²) >= 11 is 1.74. The maximum atomic E-state index is 5.87. The second kappa shape index (κ2) is 7.21. The van der Waals surface area contributed by atoms with Crippen LogP contribution in [0.1, 0.15) is 24.5 Å². The van der Waals surface area contributed by atoms with Crippen LogP contribution in [-0.4, -0.2) is 23.1 Å². The van der Waals surface area contributed by atoms with Crippen molar-refractivity contribution in [1.29, 1.82) is 0 Å². The molecule has 0 bridgehead atoms. The van der Waals surface area contributed by atoms with E-state index in [1.54, 1.807) is 11.3 Å². The summed E-state index contributed by atoms with van der Waals surface area (Å²) < 4.78 is 5.35. The monoisotopic (exact) mass is 292 g/mol. The van der Waals surface area contributed by atoms with E-state index in [4.69, 9.17) is 10.5 Å². The number of anilines is 2. The molecule has 2 rings (SSSR count). The zero-order valence-corrected chi connectivity index (χ0v) is 12.7. The van der Waals surface area contributed by atoms with Crippen LogP contribution in [0.4, 0.5) is 11.6 Å². The Bertz CT molecular complexity index is 530. The molecule has 0 fully saturated rings. The highest BCUT2D eigenvalue weighted by Gasteiger charge is 2.10. The van der Waals surface area contributed by atoms with Crippen molar-refractivity contribution in [2.75, 3.05) is 23.8 Å². The molecular formula is C14H20N4OS. The van der Waals surface area contributed by atoms with E-state index in [0.717, 1.165) is 18.9 Å². The maximum Gasteiger partial charge on any atom is 0.158 e. The Morgan fingerprint density at radius 3 is 2.85 bits per heavy atom. The Morgan fingerprint density at radius 2 is 2.20 bits per heavy atom. The fourth-order valence-corrected chi connectivity index (χ4v) is 2.59. The molecule has 0 spiro atoms. The fraction of sp³-hybridized carbons (Fsp3) is 0.429. The van der Waals surface area contributed by atoms with Gasteiger partial charge in [-0.2, -0.15) is 0 Å². The average molecular weight is 292 g/mol. The predicted octanol–water partition coefficient (Wildman–Crippen LogP) is 2.68. The molecule has 2 heterocycles. The molecule has 0 amide bonds. The first-order chi connectivity index (χ1) is 9.72. The second-order valence-electron chi connectivity index (χ2n) is 4.30. The van der Waals surface area contributed by atoms with Gasteiger partial charge in [-0.05, 0) is 25.3 Å². The molecule has 108 valence electrons. The van der Waals surface area contributed by atoms with Gasteiger partial charge in [0.15, 0.2) is 5.82 Å². The van der Waals surface area contributed by atoms with Crippen molar-refractivity contribution in [3.05, 3.63) is 34.3 Å². The number of nitrogens with zero attached hydrogens (tertiary/aromatic N) is 3. The summed E-state index contributed by atoms with van der Waals surface area (Å²) in [6, 6.07) is 5.99. The number of aromatic nitrogens is 2. The van der Waals surface area contributed by atoms with Gasteiger partial charge in [0.25, 0.3) is 0 Å². The minimum absolute atomic E-state index is 0.394. The van der Waals surface area contributed by atoms with Gasteiger partial charge in [0.1, 0.15) is 18.2 Å². The lowest BCUT2D eigenvalue weighted by molar-refractivity contribution is 0.128. The molecule has 0 aliphatic rings. The summed E-state index contributed by atoms with van der Waals surface area (Å²) in [5.41, 5.74) is 5.87. The number of nitrogen functional groups attached to an aromatic ring is 1. The first-order valence-corrected chi connectivity index (χ1v) is 7.59. The van der Waals surface area contributed by atoms with Gasteiger partial charge in [-0.15, -0.1) is 11.3 Å². The zero-order valence-electron chi connectivity index (χ0n) is 11.9. The van der Waals surface area contributed by atoms with Crippen LogP contribution in [0.2, 0.25) is 0 Å². The van der Waals surface area contributed by atoms with Crippen molar-refractivity contribution < 1.29 is 4.74 Å². The molecule has 0 aliphatic carbocycles. The molecular weight excluding hydrogens is 272 g/mol. The van der Waals surface area contributed by atoms with E-state index in [2.05, 4.69) is 39.3 Å². The SMILES string of the molecule is CCOCc1nc(N)cc(N(CC)Cc2cccs2)n1. The molecule has 0 atom stereocenters. The minimum Gasteiger partial charge on any atom is -0.384 e. The number of thiophene rings is 1. The summed E-state index contributed by atoms with van der Waals surface area (Å²) in [5, 5.41) is 2.08. The fourth-order valence-electron chi connectivity index (χ4n) is 1.87. The molecule has 6 heteroatoms. The zero-order chi connectivity index (χ0) is 14.4. The number of nitrogens with two attached hydrogens (primary N) is 1. The number of hydrogen-bond acceptors (Lipinski definition) is 6. The van der Waals surface area contributed by atoms with E-state index in [1.807, 2.05) is 13.0 Å². The topological polar surface area (TPSA) is 64.3 Å². The van der Waals surface area contributed by atoms with Crippen LogP contribution in [0, 0.1) is 0 Å². The van der Waals surface area contributed by atoms with Gasteiger partial charge in [-0.25, -0.2) is 9.97 Å². The smallest absolute Gasteiger partial charge is 0.158 e. The Morgan fingerprint density at radius 1 is 1.35 bits per heavy atom. The van der Waals surface area contributed by atoms with Gasteiger partial charge < -0.3 is 15.4 Å². The van der Waals surface area contributed by atoms with Crippen LogP contribution in [0.15, 0.2) is 23.6 Å². The summed E-state index contributed by atoms with van der Waals surface area (Å²) in [6.45, 7) is 6.78. The van der Waals surface area contributed by atoms with Crippen LogP contribution in [-0.2, 0) is 17.9 Å². The third kappa shape index (κ3) is 3.91. The van der Waals surface area contributed by atoms with Gasteiger partial charge in [-0.3, -0.25) is 0 Å². The van der Waals surface area contributed by atoms with E-state index in [9.17, 15) is 0 Å². The lowest BCUT2D eigenvalue weighted by Crippen LogP contribution is -2.23. The molecule has 2 aromatic heterocycles. The number of hydrogen-bond donors (Lipinski definition) is 1. The highest BCUT2D eigenvalue weighted by Crippen LogP contribution is 2.19. The molecule has 0 saturated heterocycles. The summed E-state index contributed by atoms with van der Waals surface area (Å²) in [6.07, 6.45) is 0. The first kappa shape index (κ1) is 14.7. The highest BCUT2D eigenvalue weighted by atomic mass is 32.1. The summed E-state index contributed by atoms with van der Waals surface area (Å²) in [5.74, 6) is 1.96. The summed E-state index contributed by atoms with van der Waals surface area (Å²) in [7, 11) is 0. The van der Waals surface area contributed by atoms with Gasteiger partial charge in [0.05, 0.1) is 6.54 Å². The van der Waals surface area contributed by atoms with E-state index in [-0.39, 0.29) is 0 Å². The Hall–Kier alpha value is -1.66. The second-order valence-corrected chi connectivity index (χ2v) is 5.33. The first-order valence-electron chi connectivity index (χ1n) is 6.71. The third-order valence-corrected chi connectivity index (χ3v) is 3.71. The molecule has 0 aromatic carbocycles. The molecule has 5 nitrogen and oxygen atoms in total. The maximum absolute atomic E-state index is 5.87. The van der Waals surface area contributed by atoms with Crippen molar-refractivity contribution in [3.8, 4) is 0 Å². The normalized spacial score (nSPS) is 10.7. The van der Waals surface area contributed by atoms with Crippen LogP contribution < -0.4 is 10.6 Å². The van der Waals surface area contributed by atoms with E-state index in [0.29, 0.717) is 24.9 Å². The Labute approximate surface area is 123 Å². The van der Waals surface area contributed by atoms with Gasteiger partial charge in [0.2, 0.25) is 0 Å². The molecule has 0 saturated carbocycles. The third-order valence-electron chi connectivity index (χ3n) is 2.85. The van der Waals surface area contributed by atoms with Gasteiger partial charge in [0, 0.05) is 24.1 Å². The van der Waals surface area contributed by atoms with Crippen molar-refractivity contribution in [2.24, 2.45) is 0 Å². The summed E-state index contributed by atoms with van der Waals surface area (Å²) in [4.78, 5) is 12.2. The highest BCUT2D eigenvalue weighted by molar-refractivity contribution is 7.09. The lowest BCUT2D eigenvalue weighted by Gasteiger charge is -2.22. The molecule has 0 aliphatic heterocycles.